The molecule has 0 aliphatic heterocycles. The fourth-order valence-corrected chi connectivity index (χ4v) is 2.59. The molecule has 0 bridgehead atoms. The Morgan fingerprint density at radius 3 is 2.76 bits per heavy atom. The molecule has 0 fully saturated rings. The van der Waals surface area contributed by atoms with Crippen molar-refractivity contribution in [2.45, 2.75) is 20.3 Å². The second-order valence-corrected chi connectivity index (χ2v) is 6.71. The highest BCUT2D eigenvalue weighted by Gasteiger charge is 2.19. The second kappa shape index (κ2) is 8.43. The Hall–Kier alpha value is -1.02. The van der Waals surface area contributed by atoms with Crippen molar-refractivity contribution >= 4 is 45.9 Å². The SMILES string of the molecule is CC(C)CN(CC/C(N)=N/O)C(=O)c1cc(Cl)ccc1I. The smallest absolute Gasteiger partial charge is 0.255 e. The highest BCUT2D eigenvalue weighted by Crippen LogP contribution is 2.20. The molecule has 1 aromatic carbocycles. The van der Waals surface area contributed by atoms with E-state index in [2.05, 4.69) is 27.7 Å². The van der Waals surface area contributed by atoms with Crippen LogP contribution in [0.15, 0.2) is 23.4 Å². The molecule has 1 aromatic rings. The first kappa shape index (κ1) is 18.0. The number of benzene rings is 1. The van der Waals surface area contributed by atoms with Crippen LogP contribution in [-0.2, 0) is 0 Å². The fraction of sp³-hybridized carbons (Fsp3) is 0.429. The van der Waals surface area contributed by atoms with Crippen LogP contribution >= 0.6 is 34.2 Å². The third kappa shape index (κ3) is 5.70. The van der Waals surface area contributed by atoms with Gasteiger partial charge in [0.05, 0.1) is 5.56 Å². The monoisotopic (exact) mass is 423 g/mol. The highest BCUT2D eigenvalue weighted by atomic mass is 127. The second-order valence-electron chi connectivity index (χ2n) is 5.11. The highest BCUT2D eigenvalue weighted by molar-refractivity contribution is 14.1. The predicted octanol–water partition coefficient (Wildman–Crippen LogP) is 3.18. The van der Waals surface area contributed by atoms with Gasteiger partial charge in [0.1, 0.15) is 5.84 Å². The van der Waals surface area contributed by atoms with Crippen LogP contribution in [0, 0.1) is 9.49 Å². The van der Waals surface area contributed by atoms with Gasteiger partial charge in [-0.2, -0.15) is 0 Å². The van der Waals surface area contributed by atoms with E-state index >= 15 is 0 Å². The van der Waals surface area contributed by atoms with E-state index in [-0.39, 0.29) is 11.7 Å². The first-order chi connectivity index (χ1) is 9.85. The molecule has 0 aliphatic rings. The van der Waals surface area contributed by atoms with Gasteiger partial charge in [-0.1, -0.05) is 30.6 Å². The molecule has 0 saturated carbocycles. The van der Waals surface area contributed by atoms with Gasteiger partial charge in [0, 0.05) is 28.1 Å². The summed E-state index contributed by atoms with van der Waals surface area (Å²) in [6, 6.07) is 5.24. The van der Waals surface area contributed by atoms with E-state index < -0.39 is 0 Å². The van der Waals surface area contributed by atoms with Crippen LogP contribution in [0.25, 0.3) is 0 Å². The van der Waals surface area contributed by atoms with Gasteiger partial charge in [-0.05, 0) is 46.7 Å². The molecule has 0 heterocycles. The van der Waals surface area contributed by atoms with E-state index in [4.69, 9.17) is 22.5 Å². The van der Waals surface area contributed by atoms with E-state index in [0.717, 1.165) is 3.57 Å². The molecule has 0 radical (unpaired) electrons. The summed E-state index contributed by atoms with van der Waals surface area (Å²) in [5, 5.41) is 12.1. The Labute approximate surface area is 143 Å². The van der Waals surface area contributed by atoms with Crippen LogP contribution < -0.4 is 5.73 Å². The topological polar surface area (TPSA) is 78.9 Å². The molecule has 5 nitrogen and oxygen atoms in total. The van der Waals surface area contributed by atoms with Gasteiger partial charge in [0.25, 0.3) is 5.91 Å². The van der Waals surface area contributed by atoms with E-state index in [1.807, 2.05) is 19.9 Å². The minimum Gasteiger partial charge on any atom is -0.409 e. The van der Waals surface area contributed by atoms with Gasteiger partial charge in [0.2, 0.25) is 0 Å². The molecule has 1 rings (SSSR count). The number of amidine groups is 1. The molecule has 0 aliphatic carbocycles. The molecule has 0 unspecified atom stereocenters. The number of rotatable bonds is 6. The van der Waals surface area contributed by atoms with Gasteiger partial charge in [-0.15, -0.1) is 0 Å². The molecular weight excluding hydrogens is 405 g/mol. The number of halogens is 2. The zero-order chi connectivity index (χ0) is 16.0. The summed E-state index contributed by atoms with van der Waals surface area (Å²) in [6.45, 7) is 5.06. The maximum Gasteiger partial charge on any atom is 0.255 e. The minimum atomic E-state index is -0.0960. The quantitative estimate of drug-likeness (QED) is 0.242. The lowest BCUT2D eigenvalue weighted by molar-refractivity contribution is 0.0739. The molecule has 0 atom stereocenters. The predicted molar refractivity (Wildman–Crippen MR) is 92.9 cm³/mol. The van der Waals surface area contributed by atoms with E-state index in [9.17, 15) is 4.79 Å². The van der Waals surface area contributed by atoms with Gasteiger partial charge in [-0.3, -0.25) is 4.79 Å². The van der Waals surface area contributed by atoms with Gasteiger partial charge in [0.15, 0.2) is 0 Å². The molecule has 1 amide bonds. The third-order valence-corrected chi connectivity index (χ3v) is 3.97. The number of carbonyl (C=O) groups excluding carboxylic acids is 1. The van der Waals surface area contributed by atoms with E-state index in [0.29, 0.717) is 36.0 Å². The number of hydrogen-bond donors (Lipinski definition) is 2. The van der Waals surface area contributed by atoms with Crippen molar-refractivity contribution in [2.75, 3.05) is 13.1 Å². The van der Waals surface area contributed by atoms with Crippen molar-refractivity contribution in [3.8, 4) is 0 Å². The molecule has 0 saturated heterocycles. The lowest BCUT2D eigenvalue weighted by atomic mass is 10.1. The summed E-state index contributed by atoms with van der Waals surface area (Å²) < 4.78 is 0.847. The van der Waals surface area contributed by atoms with Crippen molar-refractivity contribution in [1.82, 2.24) is 4.90 Å². The fourth-order valence-electron chi connectivity index (χ4n) is 1.85. The Kier molecular flexibility index (Phi) is 7.24. The van der Waals surface area contributed by atoms with Crippen LogP contribution in [0.4, 0.5) is 0 Å². The molecule has 0 aromatic heterocycles. The first-order valence-electron chi connectivity index (χ1n) is 6.55. The Morgan fingerprint density at radius 2 is 2.19 bits per heavy atom. The van der Waals surface area contributed by atoms with Crippen LogP contribution in [0.1, 0.15) is 30.6 Å². The number of nitrogens with zero attached hydrogens (tertiary/aromatic N) is 2. The maximum absolute atomic E-state index is 12.7. The number of amides is 1. The standard InChI is InChI=1S/C14H19ClIN3O2/c1-9(2)8-19(6-5-13(17)18-21)14(20)11-7-10(15)3-4-12(11)16/h3-4,7,9,21H,5-6,8H2,1-2H3,(H2,17,18). The van der Waals surface area contributed by atoms with Gasteiger partial charge < -0.3 is 15.8 Å². The van der Waals surface area contributed by atoms with Gasteiger partial charge in [-0.25, -0.2) is 0 Å². The number of hydrogen-bond acceptors (Lipinski definition) is 3. The van der Waals surface area contributed by atoms with Crippen molar-refractivity contribution in [1.29, 1.82) is 0 Å². The normalized spacial score (nSPS) is 11.8. The average Bonchev–Trinajstić information content (AvgIpc) is 2.44. The summed E-state index contributed by atoms with van der Waals surface area (Å²) in [7, 11) is 0. The Bertz CT molecular complexity index is 535. The number of carbonyl (C=O) groups is 1. The minimum absolute atomic E-state index is 0.0960. The summed E-state index contributed by atoms with van der Waals surface area (Å²) in [5.41, 5.74) is 6.06. The zero-order valence-corrected chi connectivity index (χ0v) is 14.9. The van der Waals surface area contributed by atoms with Crippen molar-refractivity contribution < 1.29 is 10.0 Å². The lowest BCUT2D eigenvalue weighted by Gasteiger charge is -2.25. The van der Waals surface area contributed by atoms with E-state index in [1.54, 1.807) is 17.0 Å². The van der Waals surface area contributed by atoms with Gasteiger partial charge >= 0.3 is 0 Å². The van der Waals surface area contributed by atoms with Crippen LogP contribution in [0.2, 0.25) is 5.02 Å². The summed E-state index contributed by atoms with van der Waals surface area (Å²) >= 11 is 8.09. The maximum atomic E-state index is 12.7. The first-order valence-corrected chi connectivity index (χ1v) is 8.01. The summed E-state index contributed by atoms with van der Waals surface area (Å²) in [6.07, 6.45) is 0.326. The Morgan fingerprint density at radius 1 is 1.52 bits per heavy atom. The molecule has 0 spiro atoms. The third-order valence-electron chi connectivity index (χ3n) is 2.80. The lowest BCUT2D eigenvalue weighted by Crippen LogP contribution is -2.37. The molecule has 116 valence electrons. The Balaban J connectivity index is 2.96. The van der Waals surface area contributed by atoms with Crippen LogP contribution in [0.5, 0.6) is 0 Å². The zero-order valence-electron chi connectivity index (χ0n) is 12.0. The molecule has 3 N–H and O–H groups in total. The summed E-state index contributed by atoms with van der Waals surface area (Å²) in [4.78, 5) is 14.4. The molecular formula is C14H19ClIN3O2. The van der Waals surface area contributed by atoms with E-state index in [1.165, 1.54) is 0 Å². The molecule has 7 heteroatoms. The largest absolute Gasteiger partial charge is 0.409 e. The summed E-state index contributed by atoms with van der Waals surface area (Å²) in [5.74, 6) is 0.330. The van der Waals surface area contributed by atoms with Crippen molar-refractivity contribution in [2.24, 2.45) is 16.8 Å². The number of oxime groups is 1. The van der Waals surface area contributed by atoms with Crippen LogP contribution in [-0.4, -0.2) is 34.9 Å². The van der Waals surface area contributed by atoms with Crippen molar-refractivity contribution in [3.05, 3.63) is 32.4 Å². The average molecular weight is 424 g/mol. The van der Waals surface area contributed by atoms with Crippen LogP contribution in [0.3, 0.4) is 0 Å². The van der Waals surface area contributed by atoms with Crippen molar-refractivity contribution in [3.63, 3.8) is 0 Å². The molecule has 21 heavy (non-hydrogen) atoms. The number of nitrogens with two attached hydrogens (primary N) is 1.